The first-order valence-corrected chi connectivity index (χ1v) is 6.54. The van der Waals surface area contributed by atoms with Crippen molar-refractivity contribution in [2.45, 2.75) is 0 Å². The van der Waals surface area contributed by atoms with E-state index in [-0.39, 0.29) is 28.2 Å². The number of hydrogen-bond acceptors (Lipinski definition) is 4. The maximum absolute atomic E-state index is 13.6. The molecule has 0 unspecified atom stereocenters. The summed E-state index contributed by atoms with van der Waals surface area (Å²) in [5.41, 5.74) is -0.957. The molecule has 0 radical (unpaired) electrons. The number of methoxy groups -OCH3 is 1. The van der Waals surface area contributed by atoms with Crippen LogP contribution in [-0.2, 0) is 4.74 Å². The Morgan fingerprint density at radius 2 is 1.87 bits per heavy atom. The van der Waals surface area contributed by atoms with Crippen molar-refractivity contribution in [1.29, 1.82) is 0 Å². The molecule has 0 aromatic heterocycles. The van der Waals surface area contributed by atoms with Gasteiger partial charge in [-0.1, -0.05) is 11.6 Å². The van der Waals surface area contributed by atoms with Gasteiger partial charge in [-0.15, -0.1) is 0 Å². The van der Waals surface area contributed by atoms with E-state index in [1.54, 1.807) is 0 Å². The number of nitrogens with one attached hydrogen (secondary N) is 1. The second-order valence-corrected chi connectivity index (χ2v) is 4.78. The Hall–Kier alpha value is -2.54. The van der Waals surface area contributed by atoms with Crippen LogP contribution in [0, 0.1) is 17.5 Å². The van der Waals surface area contributed by atoms with E-state index in [0.717, 1.165) is 31.4 Å². The standard InChI is InChI=1S/C15H9ClF3NO3/c1-23-15(22)7-4-11(18)9(16)5-13(7)20-12-3-2-10(17)14(19)8(12)6-21/h2-6,20H,1H3. The molecule has 2 aromatic carbocycles. The molecule has 8 heteroatoms. The Bertz CT molecular complexity index is 796. The van der Waals surface area contributed by atoms with E-state index in [2.05, 4.69) is 10.1 Å². The van der Waals surface area contributed by atoms with E-state index in [0.29, 0.717) is 0 Å². The van der Waals surface area contributed by atoms with Crippen LogP contribution in [0.15, 0.2) is 24.3 Å². The van der Waals surface area contributed by atoms with Crippen LogP contribution in [0.1, 0.15) is 20.7 Å². The summed E-state index contributed by atoms with van der Waals surface area (Å²) in [5, 5.41) is 2.24. The van der Waals surface area contributed by atoms with Crippen LogP contribution in [0.2, 0.25) is 5.02 Å². The molecule has 0 bridgehead atoms. The number of ether oxygens (including phenoxy) is 1. The van der Waals surface area contributed by atoms with Crippen LogP contribution in [-0.4, -0.2) is 19.4 Å². The van der Waals surface area contributed by atoms with Crippen molar-refractivity contribution in [3.05, 3.63) is 57.9 Å². The molecule has 1 N–H and O–H groups in total. The molecule has 2 rings (SSSR count). The van der Waals surface area contributed by atoms with Crippen LogP contribution >= 0.6 is 11.6 Å². The highest BCUT2D eigenvalue weighted by molar-refractivity contribution is 6.31. The average molecular weight is 344 g/mol. The van der Waals surface area contributed by atoms with Crippen molar-refractivity contribution in [3.8, 4) is 0 Å². The normalized spacial score (nSPS) is 10.3. The smallest absolute Gasteiger partial charge is 0.340 e. The number of benzene rings is 2. The Kier molecular flexibility index (Phi) is 4.90. The lowest BCUT2D eigenvalue weighted by atomic mass is 10.1. The van der Waals surface area contributed by atoms with Crippen molar-refractivity contribution < 1.29 is 27.5 Å². The van der Waals surface area contributed by atoms with Crippen LogP contribution in [0.4, 0.5) is 24.5 Å². The topological polar surface area (TPSA) is 55.4 Å². The van der Waals surface area contributed by atoms with Crippen molar-refractivity contribution in [1.82, 2.24) is 0 Å². The third kappa shape index (κ3) is 3.29. The minimum absolute atomic E-state index is 0.0302. The molecule has 120 valence electrons. The molecule has 0 atom stereocenters. The van der Waals surface area contributed by atoms with Gasteiger partial charge in [0.2, 0.25) is 0 Å². The number of hydrogen-bond donors (Lipinski definition) is 1. The molecular weight excluding hydrogens is 335 g/mol. The molecule has 0 spiro atoms. The molecule has 23 heavy (non-hydrogen) atoms. The Morgan fingerprint density at radius 3 is 2.48 bits per heavy atom. The number of anilines is 2. The van der Waals surface area contributed by atoms with Gasteiger partial charge in [0.15, 0.2) is 17.9 Å². The van der Waals surface area contributed by atoms with E-state index < -0.39 is 29.0 Å². The summed E-state index contributed by atoms with van der Waals surface area (Å²) in [5.74, 6) is -4.29. The molecule has 0 saturated carbocycles. The Labute approximate surface area is 133 Å². The van der Waals surface area contributed by atoms with E-state index in [4.69, 9.17) is 11.6 Å². The van der Waals surface area contributed by atoms with Crippen molar-refractivity contribution >= 4 is 35.2 Å². The summed E-state index contributed by atoms with van der Waals surface area (Å²) in [6.07, 6.45) is 0.115. The lowest BCUT2D eigenvalue weighted by Gasteiger charge is -2.14. The SMILES string of the molecule is COC(=O)c1cc(F)c(Cl)cc1Nc1ccc(F)c(F)c1C=O. The van der Waals surface area contributed by atoms with Gasteiger partial charge in [-0.25, -0.2) is 18.0 Å². The van der Waals surface area contributed by atoms with Gasteiger partial charge in [-0.2, -0.15) is 0 Å². The van der Waals surface area contributed by atoms with Gasteiger partial charge in [0.1, 0.15) is 5.82 Å². The largest absolute Gasteiger partial charge is 0.465 e. The molecule has 0 saturated heterocycles. The minimum Gasteiger partial charge on any atom is -0.465 e. The zero-order chi connectivity index (χ0) is 17.1. The molecule has 0 aliphatic heterocycles. The van der Waals surface area contributed by atoms with Gasteiger partial charge in [0.05, 0.1) is 34.6 Å². The van der Waals surface area contributed by atoms with Gasteiger partial charge >= 0.3 is 5.97 Å². The van der Waals surface area contributed by atoms with Crippen LogP contribution < -0.4 is 5.32 Å². The third-order valence-electron chi connectivity index (χ3n) is 2.99. The summed E-state index contributed by atoms with van der Waals surface area (Å²) in [6.45, 7) is 0. The zero-order valence-corrected chi connectivity index (χ0v) is 12.4. The summed E-state index contributed by atoms with van der Waals surface area (Å²) in [6, 6.07) is 3.80. The maximum atomic E-state index is 13.6. The number of rotatable bonds is 4. The molecule has 0 aliphatic rings. The number of halogens is 4. The molecule has 0 amide bonds. The Balaban J connectivity index is 2.56. The molecular formula is C15H9ClF3NO3. The number of esters is 1. The first-order valence-electron chi connectivity index (χ1n) is 6.16. The number of carbonyl (C=O) groups excluding carboxylic acids is 2. The lowest BCUT2D eigenvalue weighted by Crippen LogP contribution is -2.08. The van der Waals surface area contributed by atoms with Crippen LogP contribution in [0.3, 0.4) is 0 Å². The van der Waals surface area contributed by atoms with Gasteiger partial charge < -0.3 is 10.1 Å². The number of carbonyl (C=O) groups is 2. The summed E-state index contributed by atoms with van der Waals surface area (Å²) in [4.78, 5) is 22.7. The monoisotopic (exact) mass is 343 g/mol. The van der Waals surface area contributed by atoms with Gasteiger partial charge in [0, 0.05) is 0 Å². The lowest BCUT2D eigenvalue weighted by molar-refractivity contribution is 0.0601. The highest BCUT2D eigenvalue weighted by Gasteiger charge is 2.19. The van der Waals surface area contributed by atoms with E-state index >= 15 is 0 Å². The van der Waals surface area contributed by atoms with Crippen molar-refractivity contribution in [2.75, 3.05) is 12.4 Å². The summed E-state index contributed by atoms with van der Waals surface area (Å²) in [7, 11) is 1.09. The third-order valence-corrected chi connectivity index (χ3v) is 3.28. The fourth-order valence-corrected chi connectivity index (χ4v) is 2.03. The van der Waals surface area contributed by atoms with E-state index in [1.165, 1.54) is 0 Å². The van der Waals surface area contributed by atoms with Crippen molar-refractivity contribution in [3.63, 3.8) is 0 Å². The molecule has 0 aliphatic carbocycles. The van der Waals surface area contributed by atoms with Crippen LogP contribution in [0.25, 0.3) is 0 Å². The van der Waals surface area contributed by atoms with Gasteiger partial charge in [-0.05, 0) is 24.3 Å². The van der Waals surface area contributed by atoms with E-state index in [1.807, 2.05) is 0 Å². The van der Waals surface area contributed by atoms with Gasteiger partial charge in [0.25, 0.3) is 0 Å². The summed E-state index contributed by atoms with van der Waals surface area (Å²) >= 11 is 5.66. The first-order chi connectivity index (χ1) is 10.9. The maximum Gasteiger partial charge on any atom is 0.340 e. The fraction of sp³-hybridized carbons (Fsp3) is 0.0667. The first kappa shape index (κ1) is 16.8. The highest BCUT2D eigenvalue weighted by Crippen LogP contribution is 2.30. The van der Waals surface area contributed by atoms with Crippen molar-refractivity contribution in [2.24, 2.45) is 0 Å². The zero-order valence-electron chi connectivity index (χ0n) is 11.6. The Morgan fingerprint density at radius 1 is 1.17 bits per heavy atom. The van der Waals surface area contributed by atoms with E-state index in [9.17, 15) is 22.8 Å². The predicted octanol–water partition coefficient (Wildman–Crippen LogP) is 4.10. The quantitative estimate of drug-likeness (QED) is 0.671. The highest BCUT2D eigenvalue weighted by atomic mass is 35.5. The summed E-state index contributed by atoms with van der Waals surface area (Å²) < 4.78 is 44.8. The minimum atomic E-state index is -1.35. The second kappa shape index (κ2) is 6.70. The van der Waals surface area contributed by atoms with Crippen LogP contribution in [0.5, 0.6) is 0 Å². The van der Waals surface area contributed by atoms with Gasteiger partial charge in [-0.3, -0.25) is 4.79 Å². The molecule has 4 nitrogen and oxygen atoms in total. The molecule has 0 heterocycles. The molecule has 2 aromatic rings. The number of aldehydes is 1. The molecule has 0 fully saturated rings. The predicted molar refractivity (Wildman–Crippen MR) is 77.8 cm³/mol. The fourth-order valence-electron chi connectivity index (χ4n) is 1.86. The second-order valence-electron chi connectivity index (χ2n) is 4.37. The average Bonchev–Trinajstić information content (AvgIpc) is 2.53.